The number of ether oxygens (including phenoxy) is 1. The third kappa shape index (κ3) is 5.54. The number of carbonyl (C=O) groups excluding carboxylic acids is 1. The van der Waals surface area contributed by atoms with E-state index in [9.17, 15) is 4.79 Å². The van der Waals surface area contributed by atoms with Crippen LogP contribution in [0.15, 0.2) is 60.9 Å². The van der Waals surface area contributed by atoms with E-state index in [0.717, 1.165) is 22.7 Å². The molecule has 0 bridgehead atoms. The lowest BCUT2D eigenvalue weighted by Crippen LogP contribution is -2.14. The maximum atomic E-state index is 12.6. The molecule has 0 aliphatic carbocycles. The van der Waals surface area contributed by atoms with E-state index >= 15 is 0 Å². The molecule has 1 aromatic heterocycles. The van der Waals surface area contributed by atoms with Crippen LogP contribution in [0, 0.1) is 0 Å². The molecule has 150 valence electrons. The van der Waals surface area contributed by atoms with Crippen LogP contribution in [0.5, 0.6) is 5.75 Å². The first kappa shape index (κ1) is 20.3. The SMILES string of the molecule is CC(C)Oc1ccc(Nc2ncc(C(=O)Nc3ccccc3C(C)C)cn2)cc1. The molecule has 0 saturated heterocycles. The molecule has 29 heavy (non-hydrogen) atoms. The Morgan fingerprint density at radius 2 is 1.59 bits per heavy atom. The number of rotatable bonds is 7. The van der Waals surface area contributed by atoms with Gasteiger partial charge in [0.2, 0.25) is 5.95 Å². The Morgan fingerprint density at radius 1 is 0.931 bits per heavy atom. The summed E-state index contributed by atoms with van der Waals surface area (Å²) in [5, 5.41) is 6.06. The van der Waals surface area contributed by atoms with Crippen molar-refractivity contribution >= 4 is 23.2 Å². The number of carbonyl (C=O) groups is 1. The van der Waals surface area contributed by atoms with E-state index in [-0.39, 0.29) is 12.0 Å². The smallest absolute Gasteiger partial charge is 0.258 e. The Kier molecular flexibility index (Phi) is 6.44. The van der Waals surface area contributed by atoms with Crippen LogP contribution in [-0.2, 0) is 0 Å². The van der Waals surface area contributed by atoms with Crippen LogP contribution in [0.25, 0.3) is 0 Å². The maximum absolute atomic E-state index is 12.6. The van der Waals surface area contributed by atoms with Crippen LogP contribution in [-0.4, -0.2) is 22.0 Å². The molecular formula is C23H26N4O2. The van der Waals surface area contributed by atoms with Crippen molar-refractivity contribution in [2.24, 2.45) is 0 Å². The van der Waals surface area contributed by atoms with Crippen molar-refractivity contribution in [1.82, 2.24) is 9.97 Å². The van der Waals surface area contributed by atoms with Crippen LogP contribution < -0.4 is 15.4 Å². The molecule has 1 amide bonds. The Bertz CT molecular complexity index is 951. The molecule has 0 spiro atoms. The fourth-order valence-electron chi connectivity index (χ4n) is 2.84. The lowest BCUT2D eigenvalue weighted by atomic mass is 10.0. The predicted octanol–water partition coefficient (Wildman–Crippen LogP) is 5.38. The average molecular weight is 390 g/mol. The van der Waals surface area contributed by atoms with Gasteiger partial charge < -0.3 is 15.4 Å². The molecule has 6 heteroatoms. The van der Waals surface area contributed by atoms with Crippen molar-refractivity contribution in [3.05, 3.63) is 72.1 Å². The minimum atomic E-state index is -0.236. The summed E-state index contributed by atoms with van der Waals surface area (Å²) in [5.41, 5.74) is 3.13. The summed E-state index contributed by atoms with van der Waals surface area (Å²) in [6, 6.07) is 15.3. The molecule has 6 nitrogen and oxygen atoms in total. The van der Waals surface area contributed by atoms with E-state index < -0.39 is 0 Å². The first-order valence-electron chi connectivity index (χ1n) is 9.68. The number of amides is 1. The first-order chi connectivity index (χ1) is 13.9. The molecule has 0 unspecified atom stereocenters. The summed E-state index contributed by atoms with van der Waals surface area (Å²) < 4.78 is 5.63. The van der Waals surface area contributed by atoms with Gasteiger partial charge >= 0.3 is 0 Å². The van der Waals surface area contributed by atoms with E-state index in [1.54, 1.807) is 0 Å². The third-order valence-electron chi connectivity index (χ3n) is 4.23. The molecule has 2 N–H and O–H groups in total. The Hall–Kier alpha value is -3.41. The molecule has 3 aromatic rings. The fraction of sp³-hybridized carbons (Fsp3) is 0.261. The van der Waals surface area contributed by atoms with E-state index in [2.05, 4.69) is 34.4 Å². The van der Waals surface area contributed by atoms with Crippen molar-refractivity contribution in [2.45, 2.75) is 39.7 Å². The van der Waals surface area contributed by atoms with Gasteiger partial charge in [0.1, 0.15) is 5.75 Å². The Morgan fingerprint density at radius 3 is 2.21 bits per heavy atom. The molecule has 1 heterocycles. The van der Waals surface area contributed by atoms with Gasteiger partial charge in [-0.1, -0.05) is 32.0 Å². The molecule has 0 fully saturated rings. The standard InChI is InChI=1S/C23H26N4O2/c1-15(2)20-7-5-6-8-21(20)27-22(28)17-13-24-23(25-14-17)26-18-9-11-19(12-10-18)29-16(3)4/h5-16H,1-4H3,(H,27,28)(H,24,25,26). The number of hydrogen-bond donors (Lipinski definition) is 2. The van der Waals surface area contributed by atoms with Gasteiger partial charge in [0.15, 0.2) is 0 Å². The highest BCUT2D eigenvalue weighted by atomic mass is 16.5. The number of benzene rings is 2. The van der Waals surface area contributed by atoms with Gasteiger partial charge in [-0.3, -0.25) is 4.79 Å². The minimum absolute atomic E-state index is 0.128. The highest BCUT2D eigenvalue weighted by Crippen LogP contribution is 2.24. The lowest BCUT2D eigenvalue weighted by Gasteiger charge is -2.13. The van der Waals surface area contributed by atoms with Crippen LogP contribution in [0.2, 0.25) is 0 Å². The zero-order valence-electron chi connectivity index (χ0n) is 17.1. The highest BCUT2D eigenvalue weighted by Gasteiger charge is 2.12. The molecule has 0 aliphatic rings. The average Bonchev–Trinajstić information content (AvgIpc) is 2.70. The maximum Gasteiger partial charge on any atom is 0.258 e. The van der Waals surface area contributed by atoms with Crippen LogP contribution in [0.3, 0.4) is 0 Å². The van der Waals surface area contributed by atoms with Crippen molar-refractivity contribution in [2.75, 3.05) is 10.6 Å². The number of aromatic nitrogens is 2. The van der Waals surface area contributed by atoms with Gasteiger partial charge in [-0.2, -0.15) is 0 Å². The number of hydrogen-bond acceptors (Lipinski definition) is 5. The molecule has 0 saturated carbocycles. The van der Waals surface area contributed by atoms with E-state index in [0.29, 0.717) is 17.4 Å². The predicted molar refractivity (Wildman–Crippen MR) is 116 cm³/mol. The monoisotopic (exact) mass is 390 g/mol. The molecule has 0 aliphatic heterocycles. The number of nitrogens with one attached hydrogen (secondary N) is 2. The molecule has 3 rings (SSSR count). The summed E-state index contributed by atoms with van der Waals surface area (Å²) in [7, 11) is 0. The molecular weight excluding hydrogens is 364 g/mol. The normalized spacial score (nSPS) is 10.8. The van der Waals surface area contributed by atoms with Crippen molar-refractivity contribution < 1.29 is 9.53 Å². The Labute approximate surface area is 171 Å². The topological polar surface area (TPSA) is 76.1 Å². The number of anilines is 3. The number of nitrogens with zero attached hydrogens (tertiary/aromatic N) is 2. The van der Waals surface area contributed by atoms with Gasteiger partial charge in [0.25, 0.3) is 5.91 Å². The van der Waals surface area contributed by atoms with E-state index in [1.165, 1.54) is 12.4 Å². The second-order valence-electron chi connectivity index (χ2n) is 7.31. The fourth-order valence-corrected chi connectivity index (χ4v) is 2.84. The van der Waals surface area contributed by atoms with Gasteiger partial charge in [0, 0.05) is 23.8 Å². The first-order valence-corrected chi connectivity index (χ1v) is 9.68. The van der Waals surface area contributed by atoms with Gasteiger partial charge in [-0.15, -0.1) is 0 Å². The number of para-hydroxylation sites is 1. The largest absolute Gasteiger partial charge is 0.491 e. The second-order valence-corrected chi connectivity index (χ2v) is 7.31. The minimum Gasteiger partial charge on any atom is -0.491 e. The summed E-state index contributed by atoms with van der Waals surface area (Å²) in [6.45, 7) is 8.16. The zero-order chi connectivity index (χ0) is 20.8. The van der Waals surface area contributed by atoms with Crippen LogP contribution >= 0.6 is 0 Å². The van der Waals surface area contributed by atoms with Crippen LogP contribution in [0.1, 0.15) is 49.5 Å². The summed E-state index contributed by atoms with van der Waals surface area (Å²) in [5.74, 6) is 1.30. The zero-order valence-corrected chi connectivity index (χ0v) is 17.1. The lowest BCUT2D eigenvalue weighted by molar-refractivity contribution is 0.102. The Balaban J connectivity index is 1.65. The van der Waals surface area contributed by atoms with E-state index in [4.69, 9.17) is 4.74 Å². The molecule has 2 aromatic carbocycles. The van der Waals surface area contributed by atoms with Gasteiger partial charge in [-0.05, 0) is 55.7 Å². The van der Waals surface area contributed by atoms with Crippen LogP contribution in [0.4, 0.5) is 17.3 Å². The van der Waals surface area contributed by atoms with Crippen molar-refractivity contribution in [3.63, 3.8) is 0 Å². The van der Waals surface area contributed by atoms with Crippen molar-refractivity contribution in [1.29, 1.82) is 0 Å². The summed E-state index contributed by atoms with van der Waals surface area (Å²) in [4.78, 5) is 21.1. The third-order valence-corrected chi connectivity index (χ3v) is 4.23. The highest BCUT2D eigenvalue weighted by molar-refractivity contribution is 6.04. The van der Waals surface area contributed by atoms with E-state index in [1.807, 2.05) is 62.4 Å². The van der Waals surface area contributed by atoms with Gasteiger partial charge in [-0.25, -0.2) is 9.97 Å². The summed E-state index contributed by atoms with van der Waals surface area (Å²) in [6.07, 6.45) is 3.15. The quantitative estimate of drug-likeness (QED) is 0.566. The van der Waals surface area contributed by atoms with Crippen molar-refractivity contribution in [3.8, 4) is 5.75 Å². The molecule has 0 atom stereocenters. The summed E-state index contributed by atoms with van der Waals surface area (Å²) >= 11 is 0. The second kappa shape index (κ2) is 9.19. The molecule has 0 radical (unpaired) electrons. The van der Waals surface area contributed by atoms with Gasteiger partial charge in [0.05, 0.1) is 11.7 Å².